The first-order valence-corrected chi connectivity index (χ1v) is 7.66. The van der Waals surface area contributed by atoms with Crippen LogP contribution in [0, 0.1) is 0 Å². The van der Waals surface area contributed by atoms with Crippen molar-refractivity contribution in [1.82, 2.24) is 4.90 Å². The number of hydrogen-bond acceptors (Lipinski definition) is 3. The van der Waals surface area contributed by atoms with Gasteiger partial charge in [0.15, 0.2) is 0 Å². The SMILES string of the molecule is CN(C1CCCCC1)C(CCN)c1cccs1. The maximum absolute atomic E-state index is 5.78. The van der Waals surface area contributed by atoms with Gasteiger partial charge in [-0.25, -0.2) is 0 Å². The molecule has 3 heteroatoms. The van der Waals surface area contributed by atoms with Crippen molar-refractivity contribution in [2.45, 2.75) is 50.6 Å². The largest absolute Gasteiger partial charge is 0.330 e. The molecule has 1 aromatic rings. The molecule has 0 aromatic carbocycles. The van der Waals surface area contributed by atoms with Crippen LogP contribution >= 0.6 is 11.3 Å². The second-order valence-electron chi connectivity index (χ2n) is 5.07. The molecule has 1 heterocycles. The topological polar surface area (TPSA) is 29.3 Å². The van der Waals surface area contributed by atoms with Crippen LogP contribution in [0.1, 0.15) is 49.4 Å². The Morgan fingerprint density at radius 3 is 2.76 bits per heavy atom. The van der Waals surface area contributed by atoms with E-state index in [0.29, 0.717) is 6.04 Å². The zero-order valence-corrected chi connectivity index (χ0v) is 11.6. The molecule has 1 unspecified atom stereocenters. The summed E-state index contributed by atoms with van der Waals surface area (Å²) < 4.78 is 0. The first-order chi connectivity index (χ1) is 8.33. The molecule has 0 spiro atoms. The van der Waals surface area contributed by atoms with Gasteiger partial charge in [0.25, 0.3) is 0 Å². The van der Waals surface area contributed by atoms with Crippen LogP contribution in [-0.2, 0) is 0 Å². The summed E-state index contributed by atoms with van der Waals surface area (Å²) in [7, 11) is 2.29. The first-order valence-electron chi connectivity index (χ1n) is 6.78. The lowest BCUT2D eigenvalue weighted by Gasteiger charge is -2.36. The average molecular weight is 252 g/mol. The Morgan fingerprint density at radius 2 is 2.18 bits per heavy atom. The summed E-state index contributed by atoms with van der Waals surface area (Å²) in [6.45, 7) is 0.777. The Morgan fingerprint density at radius 1 is 1.41 bits per heavy atom. The van der Waals surface area contributed by atoms with E-state index in [-0.39, 0.29) is 0 Å². The van der Waals surface area contributed by atoms with E-state index in [1.54, 1.807) is 0 Å². The van der Waals surface area contributed by atoms with E-state index in [2.05, 4.69) is 29.5 Å². The van der Waals surface area contributed by atoms with E-state index in [9.17, 15) is 0 Å². The quantitative estimate of drug-likeness (QED) is 0.870. The zero-order chi connectivity index (χ0) is 12.1. The molecular weight excluding hydrogens is 228 g/mol. The summed E-state index contributed by atoms with van der Waals surface area (Å²) >= 11 is 1.87. The van der Waals surface area contributed by atoms with Crippen LogP contribution in [0.2, 0.25) is 0 Å². The molecule has 17 heavy (non-hydrogen) atoms. The van der Waals surface area contributed by atoms with Gasteiger partial charge in [0, 0.05) is 17.0 Å². The molecule has 0 aliphatic heterocycles. The van der Waals surface area contributed by atoms with Crippen LogP contribution in [0.25, 0.3) is 0 Å². The monoisotopic (exact) mass is 252 g/mol. The molecule has 2 N–H and O–H groups in total. The molecule has 1 saturated carbocycles. The molecule has 2 nitrogen and oxygen atoms in total. The third-order valence-corrected chi connectivity index (χ3v) is 4.93. The van der Waals surface area contributed by atoms with Gasteiger partial charge in [-0.05, 0) is 44.3 Å². The van der Waals surface area contributed by atoms with Crippen LogP contribution in [0.4, 0.5) is 0 Å². The number of nitrogens with two attached hydrogens (primary N) is 1. The number of hydrogen-bond donors (Lipinski definition) is 1. The highest BCUT2D eigenvalue weighted by Gasteiger charge is 2.25. The Bertz CT molecular complexity index is 304. The van der Waals surface area contributed by atoms with Gasteiger partial charge < -0.3 is 5.73 Å². The van der Waals surface area contributed by atoms with Crippen molar-refractivity contribution in [1.29, 1.82) is 0 Å². The smallest absolute Gasteiger partial charge is 0.0453 e. The first kappa shape index (κ1) is 13.1. The summed E-state index contributed by atoms with van der Waals surface area (Å²) in [6, 6.07) is 5.70. The molecule has 96 valence electrons. The van der Waals surface area contributed by atoms with Gasteiger partial charge >= 0.3 is 0 Å². The normalized spacial score (nSPS) is 19.7. The van der Waals surface area contributed by atoms with Crippen LogP contribution in [0.5, 0.6) is 0 Å². The third-order valence-electron chi connectivity index (χ3n) is 3.95. The van der Waals surface area contributed by atoms with E-state index in [1.165, 1.54) is 37.0 Å². The van der Waals surface area contributed by atoms with Crippen molar-refractivity contribution in [3.05, 3.63) is 22.4 Å². The number of nitrogens with zero attached hydrogens (tertiary/aromatic N) is 1. The zero-order valence-electron chi connectivity index (χ0n) is 10.8. The van der Waals surface area contributed by atoms with Crippen molar-refractivity contribution >= 4 is 11.3 Å². The highest BCUT2D eigenvalue weighted by atomic mass is 32.1. The van der Waals surface area contributed by atoms with Gasteiger partial charge in [-0.2, -0.15) is 0 Å². The van der Waals surface area contributed by atoms with Crippen molar-refractivity contribution in [2.75, 3.05) is 13.6 Å². The minimum Gasteiger partial charge on any atom is -0.330 e. The van der Waals surface area contributed by atoms with Gasteiger partial charge in [0.05, 0.1) is 0 Å². The Labute approximate surface area is 109 Å². The van der Waals surface area contributed by atoms with Crippen LogP contribution in [0.15, 0.2) is 17.5 Å². The fourth-order valence-electron chi connectivity index (χ4n) is 2.93. The van der Waals surface area contributed by atoms with Crippen molar-refractivity contribution < 1.29 is 0 Å². The average Bonchev–Trinajstić information content (AvgIpc) is 2.90. The molecule has 0 saturated heterocycles. The Balaban J connectivity index is 2.04. The highest BCUT2D eigenvalue weighted by Crippen LogP contribution is 2.32. The Kier molecular flexibility index (Phi) is 5.01. The molecule has 2 rings (SSSR count). The fraction of sp³-hybridized carbons (Fsp3) is 0.714. The fourth-order valence-corrected chi connectivity index (χ4v) is 3.84. The molecule has 0 amide bonds. The Hall–Kier alpha value is -0.380. The number of rotatable bonds is 5. The molecule has 0 bridgehead atoms. The lowest BCUT2D eigenvalue weighted by atomic mass is 9.93. The lowest BCUT2D eigenvalue weighted by molar-refractivity contribution is 0.134. The molecule has 0 radical (unpaired) electrons. The molecule has 1 aliphatic carbocycles. The second-order valence-corrected chi connectivity index (χ2v) is 6.05. The van der Waals surface area contributed by atoms with E-state index < -0.39 is 0 Å². The van der Waals surface area contributed by atoms with E-state index in [0.717, 1.165) is 19.0 Å². The molecule has 1 aromatic heterocycles. The molecule has 1 aliphatic rings. The van der Waals surface area contributed by atoms with Gasteiger partial charge in [-0.1, -0.05) is 25.3 Å². The summed E-state index contributed by atoms with van der Waals surface area (Å²) in [5.41, 5.74) is 5.78. The highest BCUT2D eigenvalue weighted by molar-refractivity contribution is 7.10. The molecular formula is C14H24N2S. The minimum absolute atomic E-state index is 0.531. The van der Waals surface area contributed by atoms with E-state index in [4.69, 9.17) is 5.73 Å². The lowest BCUT2D eigenvalue weighted by Crippen LogP contribution is -2.37. The molecule has 1 fully saturated rings. The second kappa shape index (κ2) is 6.53. The summed E-state index contributed by atoms with van der Waals surface area (Å²) in [5.74, 6) is 0. The van der Waals surface area contributed by atoms with Crippen LogP contribution in [-0.4, -0.2) is 24.5 Å². The summed E-state index contributed by atoms with van der Waals surface area (Å²) in [5, 5.41) is 2.17. The van der Waals surface area contributed by atoms with Gasteiger partial charge in [-0.15, -0.1) is 11.3 Å². The van der Waals surface area contributed by atoms with Crippen molar-refractivity contribution in [3.63, 3.8) is 0 Å². The van der Waals surface area contributed by atoms with E-state index in [1.807, 2.05) is 11.3 Å². The van der Waals surface area contributed by atoms with Gasteiger partial charge in [0.1, 0.15) is 0 Å². The van der Waals surface area contributed by atoms with Crippen molar-refractivity contribution in [2.24, 2.45) is 5.73 Å². The van der Waals surface area contributed by atoms with Gasteiger partial charge in [0.2, 0.25) is 0 Å². The van der Waals surface area contributed by atoms with Crippen LogP contribution in [0.3, 0.4) is 0 Å². The predicted molar refractivity (Wildman–Crippen MR) is 75.4 cm³/mol. The maximum atomic E-state index is 5.78. The maximum Gasteiger partial charge on any atom is 0.0453 e. The van der Waals surface area contributed by atoms with Gasteiger partial charge in [-0.3, -0.25) is 4.90 Å². The third kappa shape index (κ3) is 3.30. The molecule has 1 atom stereocenters. The minimum atomic E-state index is 0.531. The number of thiophene rings is 1. The van der Waals surface area contributed by atoms with Crippen molar-refractivity contribution in [3.8, 4) is 0 Å². The predicted octanol–water partition coefficient (Wildman–Crippen LogP) is 3.40. The standard InChI is InChI=1S/C14H24N2S/c1-16(12-6-3-2-4-7-12)13(9-10-15)14-8-5-11-17-14/h5,8,11-13H,2-4,6-7,9-10,15H2,1H3. The van der Waals surface area contributed by atoms with Crippen LogP contribution < -0.4 is 5.73 Å². The summed E-state index contributed by atoms with van der Waals surface area (Å²) in [4.78, 5) is 4.06. The summed E-state index contributed by atoms with van der Waals surface area (Å²) in [6.07, 6.45) is 8.02. The van der Waals surface area contributed by atoms with E-state index >= 15 is 0 Å².